The van der Waals surface area contributed by atoms with Crippen molar-refractivity contribution < 1.29 is 17.6 Å². The fourth-order valence-electron chi connectivity index (χ4n) is 1.47. The Morgan fingerprint density at radius 1 is 1.18 bits per heavy atom. The molecule has 0 N–H and O–H groups in total. The molecule has 5 heteroatoms. The summed E-state index contributed by atoms with van der Waals surface area (Å²) in [5.41, 5.74) is 0.0877. The highest BCUT2D eigenvalue weighted by atomic mass is 19.4. The Balaban J connectivity index is 2.13. The second-order valence-electron chi connectivity index (χ2n) is 3.74. The van der Waals surface area contributed by atoms with E-state index < -0.39 is 11.7 Å². The van der Waals surface area contributed by atoms with Crippen LogP contribution in [0.3, 0.4) is 0 Å². The molecule has 0 saturated heterocycles. The van der Waals surface area contributed by atoms with Crippen molar-refractivity contribution in [3.63, 3.8) is 0 Å². The fourth-order valence-corrected chi connectivity index (χ4v) is 1.47. The number of aromatic nitrogens is 1. The molecule has 2 aromatic rings. The van der Waals surface area contributed by atoms with E-state index in [2.05, 4.69) is 4.98 Å². The van der Waals surface area contributed by atoms with Gasteiger partial charge in [0.25, 0.3) is 0 Å². The van der Waals surface area contributed by atoms with Crippen LogP contribution in [0.5, 0.6) is 0 Å². The lowest BCUT2D eigenvalue weighted by Gasteiger charge is -2.06. The first-order valence-corrected chi connectivity index (χ1v) is 5.02. The zero-order chi connectivity index (χ0) is 12.5. The molecule has 0 aliphatic heterocycles. The van der Waals surface area contributed by atoms with Gasteiger partial charge in [0, 0.05) is 6.42 Å². The summed E-state index contributed by atoms with van der Waals surface area (Å²) in [6.45, 7) is 1.77. The molecule has 0 radical (unpaired) electrons. The predicted molar refractivity (Wildman–Crippen MR) is 55.5 cm³/mol. The molecule has 0 bridgehead atoms. The van der Waals surface area contributed by atoms with Crippen LogP contribution >= 0.6 is 0 Å². The molecular formula is C12H10F3NO. The molecule has 1 aromatic carbocycles. The predicted octanol–water partition coefficient (Wildman–Crippen LogP) is 3.59. The van der Waals surface area contributed by atoms with Crippen molar-refractivity contribution in [2.24, 2.45) is 0 Å². The highest BCUT2D eigenvalue weighted by molar-refractivity contribution is 5.26. The van der Waals surface area contributed by atoms with Crippen LogP contribution in [-0.2, 0) is 12.6 Å². The smallest absolute Gasteiger partial charge is 0.416 e. The van der Waals surface area contributed by atoms with Crippen molar-refractivity contribution >= 4 is 0 Å². The molecule has 1 aromatic heterocycles. The van der Waals surface area contributed by atoms with Gasteiger partial charge in [-0.2, -0.15) is 13.2 Å². The number of hydrogen-bond donors (Lipinski definition) is 0. The minimum atomic E-state index is -4.29. The van der Waals surface area contributed by atoms with E-state index in [9.17, 15) is 13.2 Å². The fraction of sp³-hybridized carbons (Fsp3) is 0.250. The largest absolute Gasteiger partial charge is 0.446 e. The lowest BCUT2D eigenvalue weighted by Crippen LogP contribution is -2.04. The number of oxazole rings is 1. The molecule has 0 unspecified atom stereocenters. The SMILES string of the molecule is Cc1cnc(Cc2ccc(C(F)(F)F)cc2)o1. The molecule has 2 rings (SSSR count). The third-order valence-corrected chi connectivity index (χ3v) is 2.31. The lowest BCUT2D eigenvalue weighted by atomic mass is 10.1. The van der Waals surface area contributed by atoms with E-state index >= 15 is 0 Å². The van der Waals surface area contributed by atoms with Crippen LogP contribution in [-0.4, -0.2) is 4.98 Å². The molecule has 0 atom stereocenters. The quantitative estimate of drug-likeness (QED) is 0.803. The minimum Gasteiger partial charge on any atom is -0.446 e. The van der Waals surface area contributed by atoms with Crippen molar-refractivity contribution in [1.29, 1.82) is 0 Å². The van der Waals surface area contributed by atoms with Gasteiger partial charge in [-0.3, -0.25) is 0 Å². The first kappa shape index (κ1) is 11.7. The van der Waals surface area contributed by atoms with E-state index in [1.807, 2.05) is 0 Å². The van der Waals surface area contributed by atoms with Gasteiger partial charge in [0.05, 0.1) is 11.8 Å². The highest BCUT2D eigenvalue weighted by Gasteiger charge is 2.29. The maximum atomic E-state index is 12.3. The van der Waals surface area contributed by atoms with E-state index in [4.69, 9.17) is 4.42 Å². The summed E-state index contributed by atoms with van der Waals surface area (Å²) < 4.78 is 42.2. The van der Waals surface area contributed by atoms with Crippen molar-refractivity contribution in [1.82, 2.24) is 4.98 Å². The first-order chi connectivity index (χ1) is 7.95. The number of hydrogen-bond acceptors (Lipinski definition) is 2. The number of benzene rings is 1. The van der Waals surface area contributed by atoms with E-state index in [0.717, 1.165) is 17.7 Å². The monoisotopic (exact) mass is 241 g/mol. The average molecular weight is 241 g/mol. The number of aryl methyl sites for hydroxylation is 1. The Bertz CT molecular complexity index is 499. The molecule has 0 aliphatic rings. The van der Waals surface area contributed by atoms with Gasteiger partial charge in [-0.05, 0) is 24.6 Å². The van der Waals surface area contributed by atoms with Gasteiger partial charge in [0.2, 0.25) is 0 Å². The molecule has 0 fully saturated rings. The summed E-state index contributed by atoms with van der Waals surface area (Å²) in [4.78, 5) is 3.99. The molecule has 90 valence electrons. The topological polar surface area (TPSA) is 26.0 Å². The zero-order valence-electron chi connectivity index (χ0n) is 9.08. The number of alkyl halides is 3. The van der Waals surface area contributed by atoms with Gasteiger partial charge in [0.1, 0.15) is 5.76 Å². The molecule has 2 nitrogen and oxygen atoms in total. The van der Waals surface area contributed by atoms with E-state index in [1.165, 1.54) is 12.1 Å². The molecule has 17 heavy (non-hydrogen) atoms. The van der Waals surface area contributed by atoms with Gasteiger partial charge < -0.3 is 4.42 Å². The standard InChI is InChI=1S/C12H10F3NO/c1-8-7-16-11(17-8)6-9-2-4-10(5-3-9)12(13,14)15/h2-5,7H,6H2,1H3. The average Bonchev–Trinajstić information content (AvgIpc) is 2.63. The van der Waals surface area contributed by atoms with Gasteiger partial charge in [-0.15, -0.1) is 0 Å². The molecule has 0 spiro atoms. The Labute approximate surface area is 96.1 Å². The maximum absolute atomic E-state index is 12.3. The van der Waals surface area contributed by atoms with Crippen molar-refractivity contribution in [3.05, 3.63) is 53.2 Å². The second-order valence-corrected chi connectivity index (χ2v) is 3.74. The van der Waals surface area contributed by atoms with Crippen LogP contribution in [0.2, 0.25) is 0 Å². The van der Waals surface area contributed by atoms with Crippen molar-refractivity contribution in [3.8, 4) is 0 Å². The minimum absolute atomic E-state index is 0.395. The Morgan fingerprint density at radius 2 is 1.82 bits per heavy atom. The normalized spacial score (nSPS) is 11.8. The number of halogens is 3. The summed E-state index contributed by atoms with van der Waals surface area (Å²) in [7, 11) is 0. The third-order valence-electron chi connectivity index (χ3n) is 2.31. The number of nitrogens with zero attached hydrogens (tertiary/aromatic N) is 1. The molecule has 0 aliphatic carbocycles. The van der Waals surface area contributed by atoms with E-state index in [0.29, 0.717) is 18.1 Å². The zero-order valence-corrected chi connectivity index (χ0v) is 9.08. The maximum Gasteiger partial charge on any atom is 0.416 e. The van der Waals surface area contributed by atoms with Crippen LogP contribution in [0.15, 0.2) is 34.9 Å². The summed E-state index contributed by atoms with van der Waals surface area (Å²) in [6.07, 6.45) is -2.32. The van der Waals surface area contributed by atoms with Gasteiger partial charge in [0.15, 0.2) is 5.89 Å². The summed E-state index contributed by atoms with van der Waals surface area (Å²) in [5, 5.41) is 0. The Kier molecular flexibility index (Phi) is 2.92. The van der Waals surface area contributed by atoms with E-state index in [-0.39, 0.29) is 0 Å². The summed E-state index contributed by atoms with van der Waals surface area (Å²) in [5.74, 6) is 1.19. The second kappa shape index (κ2) is 4.24. The van der Waals surface area contributed by atoms with Crippen LogP contribution < -0.4 is 0 Å². The van der Waals surface area contributed by atoms with Crippen LogP contribution in [0.4, 0.5) is 13.2 Å². The molecule has 0 saturated carbocycles. The highest BCUT2D eigenvalue weighted by Crippen LogP contribution is 2.29. The van der Waals surface area contributed by atoms with Crippen LogP contribution in [0, 0.1) is 6.92 Å². The Hall–Kier alpha value is -1.78. The van der Waals surface area contributed by atoms with E-state index in [1.54, 1.807) is 13.1 Å². The van der Waals surface area contributed by atoms with Crippen LogP contribution in [0.1, 0.15) is 22.8 Å². The third kappa shape index (κ3) is 2.87. The molecule has 1 heterocycles. The van der Waals surface area contributed by atoms with Crippen molar-refractivity contribution in [2.75, 3.05) is 0 Å². The van der Waals surface area contributed by atoms with Crippen molar-refractivity contribution in [2.45, 2.75) is 19.5 Å². The Morgan fingerprint density at radius 3 is 2.29 bits per heavy atom. The summed E-state index contributed by atoms with van der Waals surface area (Å²) in [6, 6.07) is 4.99. The summed E-state index contributed by atoms with van der Waals surface area (Å²) >= 11 is 0. The molecular weight excluding hydrogens is 231 g/mol. The molecule has 0 amide bonds. The lowest BCUT2D eigenvalue weighted by molar-refractivity contribution is -0.137. The van der Waals surface area contributed by atoms with Gasteiger partial charge in [-0.1, -0.05) is 12.1 Å². The van der Waals surface area contributed by atoms with Gasteiger partial charge in [-0.25, -0.2) is 4.98 Å². The first-order valence-electron chi connectivity index (χ1n) is 5.02. The van der Waals surface area contributed by atoms with Crippen LogP contribution in [0.25, 0.3) is 0 Å². The number of rotatable bonds is 2. The van der Waals surface area contributed by atoms with Gasteiger partial charge >= 0.3 is 6.18 Å².